The summed E-state index contributed by atoms with van der Waals surface area (Å²) in [7, 11) is 0. The second-order valence-electron chi connectivity index (χ2n) is 11.5. The lowest BCUT2D eigenvalue weighted by Gasteiger charge is -2.39. The minimum atomic E-state index is 0.182. The Hall–Kier alpha value is -1.14. The van der Waals surface area contributed by atoms with Crippen LogP contribution < -0.4 is 21.3 Å². The van der Waals surface area contributed by atoms with Crippen molar-refractivity contribution in [2.45, 2.75) is 89.1 Å². The number of hydrogen-bond donors (Lipinski definition) is 4. The molecule has 6 atom stereocenters. The molecule has 5 aliphatic rings. The third-order valence-electron chi connectivity index (χ3n) is 9.44. The largest absolute Gasteiger partial charge is 0.354 e. The SMILES string of the molecule is O=C(NCC1CCCCN1)C1CCC(C2C[C@@H]2C(=O)NC2CCC3CNCCC3C2)CC1. The maximum absolute atomic E-state index is 12.9. The van der Waals surface area contributed by atoms with E-state index >= 15 is 0 Å². The van der Waals surface area contributed by atoms with E-state index in [1.54, 1.807) is 0 Å². The molecular formula is C26H44N4O2. The molecule has 3 aliphatic carbocycles. The van der Waals surface area contributed by atoms with Crippen LogP contribution in [-0.4, -0.2) is 50.1 Å². The number of piperidine rings is 2. The van der Waals surface area contributed by atoms with E-state index in [1.165, 1.54) is 45.1 Å². The van der Waals surface area contributed by atoms with E-state index in [2.05, 4.69) is 21.3 Å². The van der Waals surface area contributed by atoms with Gasteiger partial charge in [0.2, 0.25) is 11.8 Å². The van der Waals surface area contributed by atoms with Crippen LogP contribution in [0.1, 0.15) is 77.0 Å². The van der Waals surface area contributed by atoms with Crippen molar-refractivity contribution in [3.63, 3.8) is 0 Å². The van der Waals surface area contributed by atoms with Crippen molar-refractivity contribution < 1.29 is 9.59 Å². The molecule has 2 aliphatic heterocycles. The van der Waals surface area contributed by atoms with Gasteiger partial charge in [-0.25, -0.2) is 0 Å². The van der Waals surface area contributed by atoms with E-state index in [4.69, 9.17) is 0 Å². The van der Waals surface area contributed by atoms with Gasteiger partial charge in [0, 0.05) is 30.5 Å². The number of hydrogen-bond acceptors (Lipinski definition) is 4. The highest BCUT2D eigenvalue weighted by molar-refractivity contribution is 5.82. The number of nitrogens with one attached hydrogen (secondary N) is 4. The van der Waals surface area contributed by atoms with Crippen LogP contribution in [0, 0.1) is 35.5 Å². The van der Waals surface area contributed by atoms with Crippen LogP contribution in [0.3, 0.4) is 0 Å². The van der Waals surface area contributed by atoms with Crippen molar-refractivity contribution in [3.8, 4) is 0 Å². The fraction of sp³-hybridized carbons (Fsp3) is 0.923. The average Bonchev–Trinajstić information content (AvgIpc) is 3.64. The lowest BCUT2D eigenvalue weighted by atomic mass is 9.73. The van der Waals surface area contributed by atoms with Gasteiger partial charge in [-0.1, -0.05) is 6.42 Å². The maximum Gasteiger partial charge on any atom is 0.223 e. The highest BCUT2D eigenvalue weighted by atomic mass is 16.2. The van der Waals surface area contributed by atoms with Crippen molar-refractivity contribution in [3.05, 3.63) is 0 Å². The van der Waals surface area contributed by atoms with Crippen molar-refractivity contribution in [1.29, 1.82) is 0 Å². The molecule has 3 saturated carbocycles. The molecule has 2 heterocycles. The molecule has 4 N–H and O–H groups in total. The van der Waals surface area contributed by atoms with Gasteiger partial charge < -0.3 is 21.3 Å². The first-order chi connectivity index (χ1) is 15.7. The van der Waals surface area contributed by atoms with Crippen molar-refractivity contribution in [2.75, 3.05) is 26.2 Å². The zero-order valence-electron chi connectivity index (χ0n) is 19.7. The Labute approximate surface area is 193 Å². The molecule has 180 valence electrons. The Morgan fingerprint density at radius 3 is 2.44 bits per heavy atom. The summed E-state index contributed by atoms with van der Waals surface area (Å²) >= 11 is 0. The summed E-state index contributed by atoms with van der Waals surface area (Å²) in [6.45, 7) is 4.18. The lowest BCUT2D eigenvalue weighted by molar-refractivity contribution is -0.127. The predicted octanol–water partition coefficient (Wildman–Crippen LogP) is 2.58. The van der Waals surface area contributed by atoms with Crippen LogP contribution in [0.5, 0.6) is 0 Å². The second kappa shape index (κ2) is 10.4. The zero-order chi connectivity index (χ0) is 21.9. The Morgan fingerprint density at radius 1 is 0.781 bits per heavy atom. The Bertz CT molecular complexity index is 656. The first kappa shape index (κ1) is 22.6. The predicted molar refractivity (Wildman–Crippen MR) is 126 cm³/mol. The summed E-state index contributed by atoms with van der Waals surface area (Å²) in [5, 5.41) is 13.7. The first-order valence-corrected chi connectivity index (χ1v) is 13.7. The van der Waals surface area contributed by atoms with E-state index in [-0.39, 0.29) is 17.7 Å². The molecule has 2 saturated heterocycles. The fourth-order valence-electron chi connectivity index (χ4n) is 7.28. The number of rotatable bonds is 6. The molecule has 0 aromatic carbocycles. The first-order valence-electron chi connectivity index (χ1n) is 13.7. The highest BCUT2D eigenvalue weighted by Gasteiger charge is 2.49. The highest BCUT2D eigenvalue weighted by Crippen LogP contribution is 2.50. The molecule has 0 bridgehead atoms. The fourth-order valence-corrected chi connectivity index (χ4v) is 7.28. The number of carbonyl (C=O) groups excluding carboxylic acids is 2. The Morgan fingerprint density at radius 2 is 1.62 bits per heavy atom. The van der Waals surface area contributed by atoms with E-state index in [9.17, 15) is 9.59 Å². The number of fused-ring (bicyclic) bond motifs is 1. The monoisotopic (exact) mass is 444 g/mol. The molecular weight excluding hydrogens is 400 g/mol. The summed E-state index contributed by atoms with van der Waals surface area (Å²) in [6, 6.07) is 0.862. The van der Waals surface area contributed by atoms with Crippen molar-refractivity contribution in [2.24, 2.45) is 35.5 Å². The summed E-state index contributed by atoms with van der Waals surface area (Å²) in [4.78, 5) is 25.5. The minimum absolute atomic E-state index is 0.182. The van der Waals surface area contributed by atoms with Gasteiger partial charge in [-0.05, 0) is 114 Å². The Balaban J connectivity index is 0.998. The summed E-state index contributed by atoms with van der Waals surface area (Å²) in [6.07, 6.45) is 13.9. The van der Waals surface area contributed by atoms with Gasteiger partial charge in [0.05, 0.1) is 0 Å². The van der Waals surface area contributed by atoms with E-state index in [0.29, 0.717) is 29.8 Å². The van der Waals surface area contributed by atoms with E-state index < -0.39 is 0 Å². The molecule has 2 amide bonds. The summed E-state index contributed by atoms with van der Waals surface area (Å²) in [5.74, 6) is 3.87. The van der Waals surface area contributed by atoms with E-state index in [0.717, 1.165) is 70.0 Å². The van der Waals surface area contributed by atoms with Crippen LogP contribution in [-0.2, 0) is 9.59 Å². The normalized spacial score (nSPS) is 41.9. The topological polar surface area (TPSA) is 82.3 Å². The molecule has 5 rings (SSSR count). The average molecular weight is 445 g/mol. The third-order valence-corrected chi connectivity index (χ3v) is 9.44. The molecule has 0 aromatic rings. The smallest absolute Gasteiger partial charge is 0.223 e. The van der Waals surface area contributed by atoms with Gasteiger partial charge in [0.1, 0.15) is 0 Å². The molecule has 0 radical (unpaired) electrons. The van der Waals surface area contributed by atoms with Crippen LogP contribution in [0.2, 0.25) is 0 Å². The molecule has 6 heteroatoms. The third kappa shape index (κ3) is 5.49. The standard InChI is InChI=1S/C26H44N4O2/c31-25(29-16-22-3-1-2-11-28-22)18-6-4-17(5-7-18)23-14-24(23)26(32)30-21-9-8-20-15-27-12-10-19(20)13-21/h17-24,27-28H,1-16H2,(H,29,31)(H,30,32)/t17?,18?,19?,20?,21?,22?,23?,24-/m0/s1. The van der Waals surface area contributed by atoms with Gasteiger partial charge in [-0.2, -0.15) is 0 Å². The Kier molecular flexibility index (Phi) is 7.37. The summed E-state index contributed by atoms with van der Waals surface area (Å²) < 4.78 is 0. The van der Waals surface area contributed by atoms with Gasteiger partial charge in [-0.15, -0.1) is 0 Å². The molecule has 0 aromatic heterocycles. The van der Waals surface area contributed by atoms with Gasteiger partial charge >= 0.3 is 0 Å². The minimum Gasteiger partial charge on any atom is -0.354 e. The van der Waals surface area contributed by atoms with Crippen LogP contribution in [0.25, 0.3) is 0 Å². The molecule has 6 nitrogen and oxygen atoms in total. The number of amides is 2. The van der Waals surface area contributed by atoms with Crippen molar-refractivity contribution >= 4 is 11.8 Å². The van der Waals surface area contributed by atoms with Gasteiger partial charge in [0.15, 0.2) is 0 Å². The van der Waals surface area contributed by atoms with Gasteiger partial charge in [0.25, 0.3) is 0 Å². The molecule has 32 heavy (non-hydrogen) atoms. The number of carbonyl (C=O) groups is 2. The second-order valence-corrected chi connectivity index (χ2v) is 11.5. The summed E-state index contributed by atoms with van der Waals surface area (Å²) in [5.41, 5.74) is 0. The van der Waals surface area contributed by atoms with Crippen LogP contribution in [0.15, 0.2) is 0 Å². The molecule has 0 spiro atoms. The maximum atomic E-state index is 12.9. The van der Waals surface area contributed by atoms with Gasteiger partial charge in [-0.3, -0.25) is 9.59 Å². The lowest BCUT2D eigenvalue weighted by Crippen LogP contribution is -2.46. The molecule has 5 unspecified atom stereocenters. The molecule has 5 fully saturated rings. The van der Waals surface area contributed by atoms with E-state index in [1.807, 2.05) is 0 Å². The van der Waals surface area contributed by atoms with Crippen LogP contribution in [0.4, 0.5) is 0 Å². The van der Waals surface area contributed by atoms with Crippen LogP contribution >= 0.6 is 0 Å². The zero-order valence-corrected chi connectivity index (χ0v) is 19.7. The quantitative estimate of drug-likeness (QED) is 0.508. The van der Waals surface area contributed by atoms with Crippen molar-refractivity contribution in [1.82, 2.24) is 21.3 Å².